The average Bonchev–Trinajstić information content (AvgIpc) is 3.17. The Morgan fingerprint density at radius 1 is 1.03 bits per heavy atom. The number of hydrogen-bond donors (Lipinski definition) is 1. The lowest BCUT2D eigenvalue weighted by Crippen LogP contribution is -2.36. The van der Waals surface area contributed by atoms with Gasteiger partial charge in [0, 0.05) is 11.3 Å². The van der Waals surface area contributed by atoms with E-state index in [-0.39, 0.29) is 11.4 Å². The minimum absolute atomic E-state index is 0.229. The number of amides is 3. The zero-order chi connectivity index (χ0) is 26.9. The first-order chi connectivity index (χ1) is 18.5. The molecule has 1 saturated heterocycles. The molecule has 0 bridgehead atoms. The molecule has 0 radical (unpaired) electrons. The van der Waals surface area contributed by atoms with Crippen LogP contribution >= 0.6 is 11.8 Å². The number of thioether (sulfide) groups is 1. The summed E-state index contributed by atoms with van der Waals surface area (Å²) in [6, 6.07) is 22.4. The molecule has 3 aromatic carbocycles. The fraction of sp³-hybridized carbons (Fsp3) is 0.167. The first-order valence-electron chi connectivity index (χ1n) is 12.2. The number of ether oxygens (including phenoxy) is 2. The van der Waals surface area contributed by atoms with Crippen LogP contribution in [0.1, 0.15) is 23.6 Å². The number of rotatable bonds is 11. The molecule has 3 aromatic rings. The predicted octanol–water partition coefficient (Wildman–Crippen LogP) is 6.07. The summed E-state index contributed by atoms with van der Waals surface area (Å²) in [6.07, 6.45) is 3.92. The molecule has 0 unspecified atom stereocenters. The van der Waals surface area contributed by atoms with Gasteiger partial charge in [0.05, 0.1) is 11.5 Å². The number of carbonyl (C=O) groups excluding carboxylic acids is 3. The summed E-state index contributed by atoms with van der Waals surface area (Å²) in [7, 11) is 0. The number of benzene rings is 3. The third-order valence-corrected chi connectivity index (χ3v) is 6.48. The number of hydrogen-bond acceptors (Lipinski definition) is 6. The molecule has 0 aliphatic carbocycles. The molecular weight excluding hydrogens is 500 g/mol. The smallest absolute Gasteiger partial charge is 0.294 e. The number of allylic oxidation sites excluding steroid dienone is 1. The van der Waals surface area contributed by atoms with Crippen molar-refractivity contribution in [3.8, 4) is 11.5 Å². The number of carbonyl (C=O) groups is 3. The second kappa shape index (κ2) is 12.8. The second-order valence-electron chi connectivity index (χ2n) is 8.39. The van der Waals surface area contributed by atoms with Crippen molar-refractivity contribution in [1.82, 2.24) is 4.90 Å². The van der Waals surface area contributed by atoms with E-state index in [1.54, 1.807) is 42.5 Å². The van der Waals surface area contributed by atoms with E-state index in [4.69, 9.17) is 9.47 Å². The van der Waals surface area contributed by atoms with Crippen LogP contribution in [0, 0.1) is 0 Å². The molecule has 3 amide bonds. The Morgan fingerprint density at radius 3 is 2.42 bits per heavy atom. The van der Waals surface area contributed by atoms with Gasteiger partial charge >= 0.3 is 0 Å². The van der Waals surface area contributed by atoms with Gasteiger partial charge in [-0.15, -0.1) is 6.58 Å². The van der Waals surface area contributed by atoms with Crippen LogP contribution in [0.4, 0.5) is 10.5 Å². The molecule has 7 nitrogen and oxygen atoms in total. The number of imide groups is 1. The van der Waals surface area contributed by atoms with E-state index in [2.05, 4.69) is 11.9 Å². The molecular formula is C30H28N2O5S. The quantitative estimate of drug-likeness (QED) is 0.240. The molecule has 0 spiro atoms. The molecule has 0 aromatic heterocycles. The van der Waals surface area contributed by atoms with Crippen molar-refractivity contribution in [3.63, 3.8) is 0 Å². The Labute approximate surface area is 226 Å². The van der Waals surface area contributed by atoms with Gasteiger partial charge in [0.25, 0.3) is 11.1 Å². The van der Waals surface area contributed by atoms with Gasteiger partial charge in [0.2, 0.25) is 5.91 Å². The van der Waals surface area contributed by atoms with E-state index in [0.29, 0.717) is 42.4 Å². The van der Waals surface area contributed by atoms with Crippen molar-refractivity contribution in [1.29, 1.82) is 0 Å². The summed E-state index contributed by atoms with van der Waals surface area (Å²) in [5.74, 6) is 0.177. The molecule has 0 atom stereocenters. The fourth-order valence-corrected chi connectivity index (χ4v) is 4.72. The zero-order valence-electron chi connectivity index (χ0n) is 21.0. The highest BCUT2D eigenvalue weighted by atomic mass is 32.2. The lowest BCUT2D eigenvalue weighted by atomic mass is 10.0. The highest BCUT2D eigenvalue weighted by molar-refractivity contribution is 8.18. The van der Waals surface area contributed by atoms with Crippen LogP contribution in [0.5, 0.6) is 11.5 Å². The monoisotopic (exact) mass is 528 g/mol. The van der Waals surface area contributed by atoms with Crippen LogP contribution in [-0.2, 0) is 22.6 Å². The number of anilines is 1. The summed E-state index contributed by atoms with van der Waals surface area (Å²) >= 11 is 0.801. The molecule has 1 fully saturated rings. The van der Waals surface area contributed by atoms with Crippen LogP contribution < -0.4 is 14.8 Å². The standard InChI is InChI=1S/C30H28N2O5S/c1-3-11-23-16-22(17-25(36-4-2)28(23)37-20-21-12-7-5-8-13-21)18-26-29(34)32(30(35)38-26)19-27(33)31-24-14-9-6-10-15-24/h3,5-10,12-18H,1,4,11,19-20H2,2H3,(H,31,33)/b26-18-. The van der Waals surface area contributed by atoms with Gasteiger partial charge in [0.1, 0.15) is 13.2 Å². The van der Waals surface area contributed by atoms with Crippen molar-refractivity contribution >= 4 is 40.6 Å². The summed E-state index contributed by atoms with van der Waals surface area (Å²) in [5.41, 5.74) is 3.13. The summed E-state index contributed by atoms with van der Waals surface area (Å²) < 4.78 is 12.0. The minimum Gasteiger partial charge on any atom is -0.490 e. The van der Waals surface area contributed by atoms with E-state index >= 15 is 0 Å². The zero-order valence-corrected chi connectivity index (χ0v) is 21.8. The Hall–Kier alpha value is -4.30. The van der Waals surface area contributed by atoms with Gasteiger partial charge in [-0.2, -0.15) is 0 Å². The third-order valence-electron chi connectivity index (χ3n) is 5.57. The van der Waals surface area contributed by atoms with Crippen molar-refractivity contribution in [2.24, 2.45) is 0 Å². The first-order valence-corrected chi connectivity index (χ1v) is 13.0. The number of nitrogens with one attached hydrogen (secondary N) is 1. The van der Waals surface area contributed by atoms with Gasteiger partial charge in [-0.3, -0.25) is 19.3 Å². The van der Waals surface area contributed by atoms with Crippen LogP contribution in [-0.4, -0.2) is 35.1 Å². The SMILES string of the molecule is C=CCc1cc(/C=C2\SC(=O)N(CC(=O)Nc3ccccc3)C2=O)cc(OCC)c1OCc1ccccc1. The Kier molecular flexibility index (Phi) is 9.00. The highest BCUT2D eigenvalue weighted by Gasteiger charge is 2.36. The molecule has 8 heteroatoms. The molecule has 38 heavy (non-hydrogen) atoms. The van der Waals surface area contributed by atoms with Crippen molar-refractivity contribution < 1.29 is 23.9 Å². The van der Waals surface area contributed by atoms with Gasteiger partial charge in [0.15, 0.2) is 11.5 Å². The van der Waals surface area contributed by atoms with Crippen LogP contribution in [0.25, 0.3) is 6.08 Å². The molecule has 4 rings (SSSR count). The first kappa shape index (κ1) is 26.8. The Bertz CT molecular complexity index is 1360. The van der Waals surface area contributed by atoms with Crippen LogP contribution in [0.2, 0.25) is 0 Å². The second-order valence-corrected chi connectivity index (χ2v) is 9.38. The van der Waals surface area contributed by atoms with E-state index in [1.165, 1.54) is 0 Å². The molecule has 1 heterocycles. The van der Waals surface area contributed by atoms with E-state index < -0.39 is 17.1 Å². The fourth-order valence-electron chi connectivity index (χ4n) is 3.88. The average molecular weight is 529 g/mol. The van der Waals surface area contributed by atoms with E-state index in [0.717, 1.165) is 27.8 Å². The van der Waals surface area contributed by atoms with Gasteiger partial charge in [-0.1, -0.05) is 54.6 Å². The number of nitrogens with zero attached hydrogens (tertiary/aromatic N) is 1. The van der Waals surface area contributed by atoms with Crippen LogP contribution in [0.3, 0.4) is 0 Å². The maximum absolute atomic E-state index is 13.0. The Balaban J connectivity index is 1.55. The van der Waals surface area contributed by atoms with Crippen molar-refractivity contribution in [2.75, 3.05) is 18.5 Å². The predicted molar refractivity (Wildman–Crippen MR) is 150 cm³/mol. The lowest BCUT2D eigenvalue weighted by molar-refractivity contribution is -0.127. The summed E-state index contributed by atoms with van der Waals surface area (Å²) in [4.78, 5) is 39.2. The van der Waals surface area contributed by atoms with E-state index in [1.807, 2.05) is 49.4 Å². The van der Waals surface area contributed by atoms with E-state index in [9.17, 15) is 14.4 Å². The maximum Gasteiger partial charge on any atom is 0.294 e. The van der Waals surface area contributed by atoms with Crippen molar-refractivity contribution in [2.45, 2.75) is 20.0 Å². The van der Waals surface area contributed by atoms with Gasteiger partial charge in [-0.25, -0.2) is 0 Å². The normalized spacial score (nSPS) is 14.0. The molecule has 1 N–H and O–H groups in total. The highest BCUT2D eigenvalue weighted by Crippen LogP contribution is 2.37. The summed E-state index contributed by atoms with van der Waals surface area (Å²) in [5, 5.41) is 2.20. The third kappa shape index (κ3) is 6.72. The molecule has 194 valence electrons. The molecule has 1 aliphatic rings. The Morgan fingerprint density at radius 2 is 1.74 bits per heavy atom. The molecule has 1 aliphatic heterocycles. The lowest BCUT2D eigenvalue weighted by Gasteiger charge is -2.17. The minimum atomic E-state index is -0.518. The van der Waals surface area contributed by atoms with Crippen LogP contribution in [0.15, 0.2) is 90.4 Å². The number of para-hydroxylation sites is 1. The van der Waals surface area contributed by atoms with Gasteiger partial charge < -0.3 is 14.8 Å². The topological polar surface area (TPSA) is 84.9 Å². The molecule has 0 saturated carbocycles. The van der Waals surface area contributed by atoms with Crippen molar-refractivity contribution in [3.05, 3.63) is 107 Å². The van der Waals surface area contributed by atoms with Gasteiger partial charge in [-0.05, 0) is 66.6 Å². The summed E-state index contributed by atoms with van der Waals surface area (Å²) in [6.45, 7) is 6.16. The maximum atomic E-state index is 13.0. The largest absolute Gasteiger partial charge is 0.490 e.